The average molecular weight is 201 g/mol. The minimum atomic E-state index is -0.883. The van der Waals surface area contributed by atoms with Gasteiger partial charge in [0.25, 0.3) is 0 Å². The molecule has 1 rings (SSSR count). The van der Waals surface area contributed by atoms with Crippen molar-refractivity contribution in [3.8, 4) is 0 Å². The summed E-state index contributed by atoms with van der Waals surface area (Å²) in [6.07, 6.45) is 0.886. The second kappa shape index (κ2) is 3.96. The van der Waals surface area contributed by atoms with Crippen LogP contribution in [0.25, 0.3) is 0 Å². The highest BCUT2D eigenvalue weighted by atomic mass is 16.6. The average Bonchev–Trinajstić information content (AvgIpc) is 2.41. The maximum absolute atomic E-state index is 11.5. The molecule has 0 aromatic rings. The Kier molecular flexibility index (Phi) is 3.10. The van der Waals surface area contributed by atoms with Crippen molar-refractivity contribution >= 4 is 11.9 Å². The minimum absolute atomic E-state index is 0.00667. The van der Waals surface area contributed by atoms with Crippen LogP contribution in [-0.4, -0.2) is 41.3 Å². The number of ether oxygens (including phenoxy) is 1. The monoisotopic (exact) mass is 201 g/mol. The molecule has 5 nitrogen and oxygen atoms in total. The summed E-state index contributed by atoms with van der Waals surface area (Å²) in [7, 11) is 1.77. The zero-order valence-electron chi connectivity index (χ0n) is 8.45. The zero-order valence-corrected chi connectivity index (χ0v) is 8.45. The van der Waals surface area contributed by atoms with Crippen molar-refractivity contribution in [3.63, 3.8) is 0 Å². The van der Waals surface area contributed by atoms with Gasteiger partial charge in [-0.05, 0) is 19.9 Å². The lowest BCUT2D eigenvalue weighted by atomic mass is 9.90. The summed E-state index contributed by atoms with van der Waals surface area (Å²) in [5.74, 6) is -1.19. The summed E-state index contributed by atoms with van der Waals surface area (Å²) < 4.78 is 4.90. The number of aliphatic carboxylic acids is 1. The van der Waals surface area contributed by atoms with E-state index in [1.807, 2.05) is 6.92 Å². The Morgan fingerprint density at radius 2 is 2.36 bits per heavy atom. The molecule has 1 aliphatic rings. The van der Waals surface area contributed by atoms with Gasteiger partial charge in [-0.25, -0.2) is 4.79 Å². The number of carboxylic acid groups (broad SMARTS) is 1. The van der Waals surface area contributed by atoms with Crippen LogP contribution < -0.4 is 0 Å². The van der Waals surface area contributed by atoms with E-state index in [4.69, 9.17) is 9.84 Å². The number of carbonyl (C=O) groups is 2. The maximum Gasteiger partial charge on any atom is 0.327 e. The molecule has 14 heavy (non-hydrogen) atoms. The van der Waals surface area contributed by atoms with Crippen LogP contribution in [0.3, 0.4) is 0 Å². The Bertz CT molecular complexity index is 253. The van der Waals surface area contributed by atoms with Gasteiger partial charge < -0.3 is 9.84 Å². The van der Waals surface area contributed by atoms with Crippen molar-refractivity contribution in [3.05, 3.63) is 0 Å². The molecule has 0 spiro atoms. The number of rotatable bonds is 4. The molecule has 0 amide bonds. The van der Waals surface area contributed by atoms with Crippen LogP contribution in [0.2, 0.25) is 0 Å². The first-order valence-corrected chi connectivity index (χ1v) is 4.63. The first-order chi connectivity index (χ1) is 6.53. The highest BCUT2D eigenvalue weighted by molar-refractivity contribution is 5.83. The molecule has 0 aromatic carbocycles. The van der Waals surface area contributed by atoms with E-state index in [9.17, 15) is 9.59 Å². The molecule has 1 N–H and O–H groups in total. The van der Waals surface area contributed by atoms with Gasteiger partial charge in [-0.1, -0.05) is 6.92 Å². The van der Waals surface area contributed by atoms with Gasteiger partial charge in [0.2, 0.25) is 0 Å². The summed E-state index contributed by atoms with van der Waals surface area (Å²) in [6, 6.07) is 0. The third-order valence-electron chi connectivity index (χ3n) is 2.84. The molecule has 0 aliphatic carbocycles. The summed E-state index contributed by atoms with van der Waals surface area (Å²) in [5.41, 5.74) is -0.724. The van der Waals surface area contributed by atoms with Crippen molar-refractivity contribution in [2.24, 2.45) is 0 Å². The SMILES string of the molecule is CCC1(CCC(=O)O)C(=O)OCN1C. The number of esters is 1. The van der Waals surface area contributed by atoms with Gasteiger partial charge in [-0.3, -0.25) is 9.69 Å². The van der Waals surface area contributed by atoms with Gasteiger partial charge in [-0.2, -0.15) is 0 Å². The first-order valence-electron chi connectivity index (χ1n) is 4.63. The number of cyclic esters (lactones) is 1. The Labute approximate surface area is 82.6 Å². The van der Waals surface area contributed by atoms with Gasteiger partial charge in [-0.15, -0.1) is 0 Å². The number of hydrogen-bond donors (Lipinski definition) is 1. The Balaban J connectivity index is 2.73. The predicted octanol–water partition coefficient (Wildman–Crippen LogP) is 0.446. The molecule has 5 heteroatoms. The van der Waals surface area contributed by atoms with Gasteiger partial charge in [0.05, 0.1) is 0 Å². The summed E-state index contributed by atoms with van der Waals surface area (Å²) >= 11 is 0. The predicted molar refractivity (Wildman–Crippen MR) is 48.6 cm³/mol. The summed E-state index contributed by atoms with van der Waals surface area (Å²) in [4.78, 5) is 23.7. The van der Waals surface area contributed by atoms with E-state index in [2.05, 4.69) is 0 Å². The normalized spacial score (nSPS) is 27.7. The molecule has 80 valence electrons. The third kappa shape index (κ3) is 1.72. The largest absolute Gasteiger partial charge is 0.481 e. The van der Waals surface area contributed by atoms with Crippen LogP contribution in [0.1, 0.15) is 26.2 Å². The number of carbonyl (C=O) groups excluding carboxylic acids is 1. The topological polar surface area (TPSA) is 66.8 Å². The molecular formula is C9H15NO4. The third-order valence-corrected chi connectivity index (χ3v) is 2.84. The van der Waals surface area contributed by atoms with Gasteiger partial charge >= 0.3 is 11.9 Å². The summed E-state index contributed by atoms with van der Waals surface area (Å²) in [5, 5.41) is 8.59. The van der Waals surface area contributed by atoms with Gasteiger partial charge in [0.15, 0.2) is 0 Å². The Hall–Kier alpha value is -1.10. The second-order valence-corrected chi connectivity index (χ2v) is 3.54. The standard InChI is InChI=1S/C9H15NO4/c1-3-9(5-4-7(11)12)8(13)14-6-10(9)2/h3-6H2,1-2H3,(H,11,12). The molecule has 1 heterocycles. The highest BCUT2D eigenvalue weighted by Crippen LogP contribution is 2.30. The fourth-order valence-electron chi connectivity index (χ4n) is 1.77. The van der Waals surface area contributed by atoms with E-state index < -0.39 is 11.5 Å². The van der Waals surface area contributed by atoms with E-state index in [0.29, 0.717) is 12.8 Å². The van der Waals surface area contributed by atoms with E-state index >= 15 is 0 Å². The number of nitrogens with zero attached hydrogens (tertiary/aromatic N) is 1. The Morgan fingerprint density at radius 3 is 2.71 bits per heavy atom. The number of likely N-dealkylation sites (N-methyl/N-ethyl adjacent to an activating group) is 1. The van der Waals surface area contributed by atoms with E-state index in [1.54, 1.807) is 11.9 Å². The molecule has 1 unspecified atom stereocenters. The van der Waals surface area contributed by atoms with Gasteiger partial charge in [0.1, 0.15) is 12.3 Å². The van der Waals surface area contributed by atoms with Crippen LogP contribution in [0, 0.1) is 0 Å². The molecule has 1 fully saturated rings. The van der Waals surface area contributed by atoms with Crippen LogP contribution in [0.15, 0.2) is 0 Å². The fourth-order valence-corrected chi connectivity index (χ4v) is 1.77. The Morgan fingerprint density at radius 1 is 1.71 bits per heavy atom. The quantitative estimate of drug-likeness (QED) is 0.669. The van der Waals surface area contributed by atoms with E-state index in [0.717, 1.165) is 0 Å². The lowest BCUT2D eigenvalue weighted by Gasteiger charge is -2.29. The maximum atomic E-state index is 11.5. The molecule has 1 saturated heterocycles. The molecule has 1 atom stereocenters. The lowest BCUT2D eigenvalue weighted by molar-refractivity contribution is -0.144. The van der Waals surface area contributed by atoms with Crippen molar-refractivity contribution in [1.82, 2.24) is 4.90 Å². The van der Waals surface area contributed by atoms with Crippen molar-refractivity contribution in [2.75, 3.05) is 13.8 Å². The van der Waals surface area contributed by atoms with Crippen LogP contribution >= 0.6 is 0 Å². The smallest absolute Gasteiger partial charge is 0.327 e. The van der Waals surface area contributed by atoms with E-state index in [-0.39, 0.29) is 19.1 Å². The van der Waals surface area contributed by atoms with Gasteiger partial charge in [0, 0.05) is 6.42 Å². The van der Waals surface area contributed by atoms with E-state index in [1.165, 1.54) is 0 Å². The number of carboxylic acids is 1. The lowest BCUT2D eigenvalue weighted by Crippen LogP contribution is -2.46. The summed E-state index contributed by atoms with van der Waals surface area (Å²) in [6.45, 7) is 2.12. The molecule has 0 saturated carbocycles. The second-order valence-electron chi connectivity index (χ2n) is 3.54. The molecule has 1 aliphatic heterocycles. The zero-order chi connectivity index (χ0) is 10.8. The molecule has 0 radical (unpaired) electrons. The van der Waals surface area contributed by atoms with Crippen molar-refractivity contribution in [2.45, 2.75) is 31.7 Å². The minimum Gasteiger partial charge on any atom is -0.481 e. The van der Waals surface area contributed by atoms with Crippen molar-refractivity contribution in [1.29, 1.82) is 0 Å². The van der Waals surface area contributed by atoms with Crippen LogP contribution in [0.4, 0.5) is 0 Å². The van der Waals surface area contributed by atoms with Crippen molar-refractivity contribution < 1.29 is 19.4 Å². The van der Waals surface area contributed by atoms with Crippen LogP contribution in [0.5, 0.6) is 0 Å². The van der Waals surface area contributed by atoms with Crippen LogP contribution in [-0.2, 0) is 14.3 Å². The molecular weight excluding hydrogens is 186 g/mol. The molecule has 0 aromatic heterocycles. The fraction of sp³-hybridized carbons (Fsp3) is 0.778. The highest BCUT2D eigenvalue weighted by Gasteiger charge is 2.47. The first kappa shape index (κ1) is 11.0. The molecule has 0 bridgehead atoms. The number of hydrogen-bond acceptors (Lipinski definition) is 4.